The summed E-state index contributed by atoms with van der Waals surface area (Å²) in [5.41, 5.74) is 1.78. The van der Waals surface area contributed by atoms with Crippen molar-refractivity contribution in [3.05, 3.63) is 65.2 Å². The highest BCUT2D eigenvalue weighted by atomic mass is 19.2. The van der Waals surface area contributed by atoms with Gasteiger partial charge in [-0.1, -0.05) is 18.2 Å². The monoisotopic (exact) mass is 355 g/mol. The standard InChI is InChI=1S/C20H19F2N3O/c21-15-7-5-12(9-16(15)22)11-25-13-6-8-18(25)20(10-13)23-17-4-2-1-3-14(17)19(26)24-20/h1-5,7,9,13,18,23H,6,8,10-11H2,(H,24,26)/t13-,18-,20+/m0/s1. The van der Waals surface area contributed by atoms with Crippen molar-refractivity contribution in [2.45, 2.75) is 43.6 Å². The highest BCUT2D eigenvalue weighted by Gasteiger charge is 2.58. The van der Waals surface area contributed by atoms with Crippen LogP contribution in [-0.4, -0.2) is 28.6 Å². The van der Waals surface area contributed by atoms with Gasteiger partial charge < -0.3 is 10.6 Å². The van der Waals surface area contributed by atoms with E-state index in [-0.39, 0.29) is 11.9 Å². The van der Waals surface area contributed by atoms with Crippen molar-refractivity contribution in [2.24, 2.45) is 0 Å². The molecule has 2 aromatic rings. The highest BCUT2D eigenvalue weighted by Crippen LogP contribution is 2.47. The van der Waals surface area contributed by atoms with Gasteiger partial charge in [0.2, 0.25) is 0 Å². The van der Waals surface area contributed by atoms with Gasteiger partial charge in [-0.05, 0) is 42.7 Å². The van der Waals surface area contributed by atoms with E-state index in [1.54, 1.807) is 6.07 Å². The summed E-state index contributed by atoms with van der Waals surface area (Å²) in [6.07, 6.45) is 2.82. The van der Waals surface area contributed by atoms with Crippen LogP contribution in [0.3, 0.4) is 0 Å². The van der Waals surface area contributed by atoms with Crippen molar-refractivity contribution in [3.63, 3.8) is 0 Å². The number of hydrogen-bond acceptors (Lipinski definition) is 3. The second-order valence-electron chi connectivity index (χ2n) is 7.47. The van der Waals surface area contributed by atoms with Crippen LogP contribution in [0.5, 0.6) is 0 Å². The third-order valence-corrected chi connectivity index (χ3v) is 5.98. The Kier molecular flexibility index (Phi) is 3.34. The Balaban J connectivity index is 1.44. The van der Waals surface area contributed by atoms with Crippen LogP contribution in [-0.2, 0) is 6.54 Å². The number of rotatable bonds is 2. The molecule has 0 saturated carbocycles. The van der Waals surface area contributed by atoms with Crippen molar-refractivity contribution in [2.75, 3.05) is 5.32 Å². The lowest BCUT2D eigenvalue weighted by Gasteiger charge is -2.43. The van der Waals surface area contributed by atoms with Gasteiger partial charge >= 0.3 is 0 Å². The van der Waals surface area contributed by atoms with Crippen LogP contribution in [0.2, 0.25) is 0 Å². The third-order valence-electron chi connectivity index (χ3n) is 5.98. The average Bonchev–Trinajstić information content (AvgIpc) is 3.12. The number of halogens is 2. The van der Waals surface area contributed by atoms with Gasteiger partial charge in [-0.25, -0.2) is 8.78 Å². The predicted molar refractivity (Wildman–Crippen MR) is 93.6 cm³/mol. The van der Waals surface area contributed by atoms with Crippen molar-refractivity contribution >= 4 is 11.6 Å². The maximum Gasteiger partial charge on any atom is 0.255 e. The fourth-order valence-electron chi connectivity index (χ4n) is 4.88. The molecule has 2 N–H and O–H groups in total. The van der Waals surface area contributed by atoms with E-state index in [0.29, 0.717) is 18.2 Å². The predicted octanol–water partition coefficient (Wildman–Crippen LogP) is 3.25. The molecule has 3 atom stereocenters. The zero-order valence-corrected chi connectivity index (χ0v) is 14.1. The van der Waals surface area contributed by atoms with E-state index < -0.39 is 17.3 Å². The molecule has 6 heteroatoms. The number of carbonyl (C=O) groups excluding carboxylic acids is 1. The van der Waals surface area contributed by atoms with E-state index in [9.17, 15) is 13.6 Å². The molecule has 2 bridgehead atoms. The average molecular weight is 355 g/mol. The minimum Gasteiger partial charge on any atom is -0.361 e. The summed E-state index contributed by atoms with van der Waals surface area (Å²) in [5, 5.41) is 6.75. The van der Waals surface area contributed by atoms with Crippen LogP contribution >= 0.6 is 0 Å². The van der Waals surface area contributed by atoms with Crippen molar-refractivity contribution in [1.29, 1.82) is 0 Å². The molecule has 5 rings (SSSR count). The Labute approximate surface area is 150 Å². The molecule has 4 nitrogen and oxygen atoms in total. The molecule has 1 amide bonds. The van der Waals surface area contributed by atoms with E-state index in [1.807, 2.05) is 24.3 Å². The van der Waals surface area contributed by atoms with Crippen molar-refractivity contribution < 1.29 is 13.6 Å². The zero-order chi connectivity index (χ0) is 17.9. The maximum atomic E-state index is 13.6. The third kappa shape index (κ3) is 2.25. The number of benzene rings is 2. The van der Waals surface area contributed by atoms with Crippen LogP contribution in [0.15, 0.2) is 42.5 Å². The first-order valence-corrected chi connectivity index (χ1v) is 8.95. The number of carbonyl (C=O) groups is 1. The molecule has 0 aromatic heterocycles. The summed E-state index contributed by atoms with van der Waals surface area (Å²) in [6.45, 7) is 0.549. The van der Waals surface area contributed by atoms with Crippen LogP contribution in [0, 0.1) is 11.6 Å². The first-order valence-electron chi connectivity index (χ1n) is 8.95. The normalized spacial score (nSPS) is 29.5. The number of fused-ring (bicyclic) bond motifs is 4. The topological polar surface area (TPSA) is 44.4 Å². The number of para-hydroxylation sites is 1. The highest BCUT2D eigenvalue weighted by molar-refractivity contribution is 6.02. The molecule has 2 aromatic carbocycles. The van der Waals surface area contributed by atoms with Crippen LogP contribution in [0.4, 0.5) is 14.5 Å². The van der Waals surface area contributed by atoms with Crippen LogP contribution in [0.1, 0.15) is 35.2 Å². The first kappa shape index (κ1) is 15.8. The van der Waals surface area contributed by atoms with Gasteiger partial charge in [-0.3, -0.25) is 9.69 Å². The van der Waals surface area contributed by atoms with Gasteiger partial charge in [0, 0.05) is 24.7 Å². The Morgan fingerprint density at radius 2 is 1.92 bits per heavy atom. The Bertz CT molecular complexity index is 902. The number of hydrogen-bond donors (Lipinski definition) is 2. The fraction of sp³-hybridized carbons (Fsp3) is 0.350. The minimum atomic E-state index is -0.826. The largest absolute Gasteiger partial charge is 0.361 e. The lowest BCUT2D eigenvalue weighted by Crippen LogP contribution is -2.64. The molecule has 2 saturated heterocycles. The molecule has 26 heavy (non-hydrogen) atoms. The molecule has 0 radical (unpaired) electrons. The fourth-order valence-corrected chi connectivity index (χ4v) is 4.88. The number of amides is 1. The molecule has 134 valence electrons. The van der Waals surface area contributed by atoms with Gasteiger partial charge in [-0.15, -0.1) is 0 Å². The maximum absolute atomic E-state index is 13.6. The summed E-state index contributed by atoms with van der Waals surface area (Å²) in [7, 11) is 0. The summed E-state index contributed by atoms with van der Waals surface area (Å²) in [5.74, 6) is -1.70. The van der Waals surface area contributed by atoms with Gasteiger partial charge in [0.25, 0.3) is 5.91 Å². The number of nitrogens with one attached hydrogen (secondary N) is 2. The van der Waals surface area contributed by atoms with Gasteiger partial charge in [0.05, 0.1) is 11.6 Å². The zero-order valence-electron chi connectivity index (χ0n) is 14.1. The number of anilines is 1. The molecular weight excluding hydrogens is 336 g/mol. The SMILES string of the molecule is O=C1N[C@@]2(C[C@@H]3CC[C@@H]2N3Cc2ccc(F)c(F)c2)Nc2ccccc21. The summed E-state index contributed by atoms with van der Waals surface area (Å²) >= 11 is 0. The van der Waals surface area contributed by atoms with E-state index in [0.717, 1.165) is 30.5 Å². The molecule has 3 aliphatic rings. The Hall–Kier alpha value is -2.47. The van der Waals surface area contributed by atoms with Gasteiger partial charge in [0.15, 0.2) is 11.6 Å². The van der Waals surface area contributed by atoms with Crippen LogP contribution in [0.25, 0.3) is 0 Å². The molecular formula is C20H19F2N3O. The lowest BCUT2D eigenvalue weighted by atomic mass is 9.86. The van der Waals surface area contributed by atoms with Crippen molar-refractivity contribution in [1.82, 2.24) is 10.2 Å². The molecule has 0 unspecified atom stereocenters. The Morgan fingerprint density at radius 3 is 2.77 bits per heavy atom. The summed E-state index contributed by atoms with van der Waals surface area (Å²) in [6, 6.07) is 12.0. The summed E-state index contributed by atoms with van der Waals surface area (Å²) < 4.78 is 26.8. The van der Waals surface area contributed by atoms with E-state index in [2.05, 4.69) is 15.5 Å². The molecule has 3 heterocycles. The lowest BCUT2D eigenvalue weighted by molar-refractivity contribution is 0.0870. The van der Waals surface area contributed by atoms with Gasteiger partial charge in [0.1, 0.15) is 5.66 Å². The first-order chi connectivity index (χ1) is 12.6. The van der Waals surface area contributed by atoms with Crippen molar-refractivity contribution in [3.8, 4) is 0 Å². The second kappa shape index (κ2) is 5.51. The van der Waals surface area contributed by atoms with E-state index >= 15 is 0 Å². The minimum absolute atomic E-state index is 0.0559. The summed E-state index contributed by atoms with van der Waals surface area (Å²) in [4.78, 5) is 14.9. The van der Waals surface area contributed by atoms with E-state index in [1.165, 1.54) is 12.1 Å². The molecule has 0 aliphatic carbocycles. The van der Waals surface area contributed by atoms with Gasteiger partial charge in [-0.2, -0.15) is 0 Å². The molecule has 1 spiro atoms. The van der Waals surface area contributed by atoms with E-state index in [4.69, 9.17) is 0 Å². The number of nitrogens with zero attached hydrogens (tertiary/aromatic N) is 1. The molecule has 3 aliphatic heterocycles. The Morgan fingerprint density at radius 1 is 1.08 bits per heavy atom. The van der Waals surface area contributed by atoms with Crippen LogP contribution < -0.4 is 10.6 Å². The smallest absolute Gasteiger partial charge is 0.255 e. The quantitative estimate of drug-likeness (QED) is 0.869. The second-order valence-corrected chi connectivity index (χ2v) is 7.47. The molecule has 2 fully saturated rings.